The molecule has 0 spiro atoms. The van der Waals surface area contributed by atoms with Crippen LogP contribution in [0.3, 0.4) is 0 Å². The lowest BCUT2D eigenvalue weighted by atomic mass is 10.1. The fourth-order valence-corrected chi connectivity index (χ4v) is 3.21. The predicted octanol–water partition coefficient (Wildman–Crippen LogP) is 2.93. The molecule has 2 heterocycles. The maximum absolute atomic E-state index is 6.37. The third kappa shape index (κ3) is 2.58. The summed E-state index contributed by atoms with van der Waals surface area (Å²) in [6, 6.07) is 0.0659. The van der Waals surface area contributed by atoms with E-state index >= 15 is 0 Å². The molecule has 0 fully saturated rings. The largest absolute Gasteiger partial charge is 0.304 e. The molecule has 6 heteroatoms. The van der Waals surface area contributed by atoms with Gasteiger partial charge in [-0.25, -0.2) is 0 Å². The van der Waals surface area contributed by atoms with Gasteiger partial charge in [0.2, 0.25) is 0 Å². The summed E-state index contributed by atoms with van der Waals surface area (Å²) in [5.74, 6) is 0. The third-order valence-corrected chi connectivity index (χ3v) is 4.61. The van der Waals surface area contributed by atoms with Crippen LogP contribution in [-0.4, -0.2) is 21.5 Å². The van der Waals surface area contributed by atoms with Gasteiger partial charge in [0.05, 0.1) is 23.0 Å². The molecule has 1 N–H and O–H groups in total. The summed E-state index contributed by atoms with van der Waals surface area (Å²) < 4.78 is 1.79. The lowest BCUT2D eigenvalue weighted by Gasteiger charge is -2.17. The van der Waals surface area contributed by atoms with Crippen LogP contribution in [0.15, 0.2) is 11.6 Å². The van der Waals surface area contributed by atoms with Gasteiger partial charge in [-0.1, -0.05) is 23.7 Å². The Labute approximate surface area is 116 Å². The van der Waals surface area contributed by atoms with E-state index in [4.69, 9.17) is 11.6 Å². The number of hydrogen-bond acceptors (Lipinski definition) is 4. The summed E-state index contributed by atoms with van der Waals surface area (Å²) in [5.41, 5.74) is 2.15. The Balaban J connectivity index is 2.37. The number of aryl methyl sites for hydroxylation is 2. The van der Waals surface area contributed by atoms with Crippen molar-refractivity contribution < 1.29 is 0 Å². The average Bonchev–Trinajstić information content (AvgIpc) is 2.91. The van der Waals surface area contributed by atoms with Crippen LogP contribution >= 0.6 is 22.9 Å². The molecule has 0 aliphatic carbocycles. The van der Waals surface area contributed by atoms with E-state index < -0.39 is 0 Å². The molecule has 0 saturated carbocycles. The normalized spacial score (nSPS) is 12.9. The van der Waals surface area contributed by atoms with Crippen LogP contribution in [0, 0.1) is 6.92 Å². The van der Waals surface area contributed by atoms with Crippen LogP contribution in [-0.2, 0) is 7.05 Å². The van der Waals surface area contributed by atoms with Crippen LogP contribution in [0.1, 0.15) is 35.5 Å². The maximum Gasteiger partial charge on any atom is 0.0873 e. The Kier molecular flexibility index (Phi) is 4.37. The summed E-state index contributed by atoms with van der Waals surface area (Å²) in [5, 5.41) is 14.4. The minimum Gasteiger partial charge on any atom is -0.304 e. The van der Waals surface area contributed by atoms with Gasteiger partial charge in [-0.05, 0) is 30.8 Å². The summed E-state index contributed by atoms with van der Waals surface area (Å²) in [7, 11) is 1.90. The second-order valence-corrected chi connectivity index (χ2v) is 5.56. The van der Waals surface area contributed by atoms with Crippen LogP contribution in [0.25, 0.3) is 0 Å². The first-order valence-electron chi connectivity index (χ1n) is 5.96. The van der Waals surface area contributed by atoms with Gasteiger partial charge in [0.1, 0.15) is 0 Å². The SMILES string of the molecule is CCCNC(c1scc(C)c1Cl)c1cnnn1C. The second kappa shape index (κ2) is 5.82. The predicted molar refractivity (Wildman–Crippen MR) is 75.2 cm³/mol. The fraction of sp³-hybridized carbons (Fsp3) is 0.500. The molecule has 2 aromatic heterocycles. The lowest BCUT2D eigenvalue weighted by molar-refractivity contribution is 0.556. The molecule has 0 radical (unpaired) electrons. The zero-order valence-corrected chi connectivity index (χ0v) is 12.3. The Hall–Kier alpha value is -0.910. The van der Waals surface area contributed by atoms with E-state index in [2.05, 4.69) is 27.9 Å². The molecule has 18 heavy (non-hydrogen) atoms. The molecule has 4 nitrogen and oxygen atoms in total. The molecule has 1 atom stereocenters. The van der Waals surface area contributed by atoms with Crippen molar-refractivity contribution in [1.29, 1.82) is 0 Å². The molecular formula is C12H17ClN4S. The van der Waals surface area contributed by atoms with Gasteiger partial charge in [0.15, 0.2) is 0 Å². The zero-order valence-electron chi connectivity index (χ0n) is 10.8. The van der Waals surface area contributed by atoms with Crippen molar-refractivity contribution >= 4 is 22.9 Å². The van der Waals surface area contributed by atoms with Crippen molar-refractivity contribution in [3.05, 3.63) is 32.7 Å². The fourth-order valence-electron chi connectivity index (χ4n) is 1.82. The quantitative estimate of drug-likeness (QED) is 0.918. The number of nitrogens with zero attached hydrogens (tertiary/aromatic N) is 3. The van der Waals surface area contributed by atoms with Crippen molar-refractivity contribution in [3.63, 3.8) is 0 Å². The molecule has 0 aliphatic rings. The third-order valence-electron chi connectivity index (χ3n) is 2.83. The van der Waals surface area contributed by atoms with E-state index in [1.807, 2.05) is 14.0 Å². The minimum absolute atomic E-state index is 0.0659. The summed E-state index contributed by atoms with van der Waals surface area (Å²) in [6.07, 6.45) is 2.86. The number of aromatic nitrogens is 3. The van der Waals surface area contributed by atoms with E-state index in [0.717, 1.165) is 34.1 Å². The molecule has 0 amide bonds. The highest BCUT2D eigenvalue weighted by Gasteiger charge is 2.22. The second-order valence-electron chi connectivity index (χ2n) is 4.27. The van der Waals surface area contributed by atoms with Gasteiger partial charge >= 0.3 is 0 Å². The smallest absolute Gasteiger partial charge is 0.0873 e. The van der Waals surface area contributed by atoms with Crippen LogP contribution in [0.2, 0.25) is 5.02 Å². The van der Waals surface area contributed by atoms with Crippen molar-refractivity contribution in [3.8, 4) is 0 Å². The molecular weight excluding hydrogens is 268 g/mol. The Morgan fingerprint density at radius 2 is 2.33 bits per heavy atom. The Morgan fingerprint density at radius 1 is 1.56 bits per heavy atom. The summed E-state index contributed by atoms with van der Waals surface area (Å²) >= 11 is 8.05. The molecule has 0 saturated heterocycles. The Morgan fingerprint density at radius 3 is 2.83 bits per heavy atom. The van der Waals surface area contributed by atoms with Crippen molar-refractivity contribution in [1.82, 2.24) is 20.3 Å². The van der Waals surface area contributed by atoms with E-state index in [0.29, 0.717) is 0 Å². The van der Waals surface area contributed by atoms with E-state index in [9.17, 15) is 0 Å². The molecule has 98 valence electrons. The van der Waals surface area contributed by atoms with Gasteiger partial charge < -0.3 is 5.32 Å². The van der Waals surface area contributed by atoms with Crippen molar-refractivity contribution in [2.75, 3.05) is 6.54 Å². The topological polar surface area (TPSA) is 42.7 Å². The maximum atomic E-state index is 6.37. The van der Waals surface area contributed by atoms with Gasteiger partial charge in [-0.3, -0.25) is 4.68 Å². The number of rotatable bonds is 5. The molecule has 2 rings (SSSR count). The van der Waals surface area contributed by atoms with Crippen LogP contribution in [0.5, 0.6) is 0 Å². The monoisotopic (exact) mass is 284 g/mol. The number of hydrogen-bond donors (Lipinski definition) is 1. The van der Waals surface area contributed by atoms with Crippen molar-refractivity contribution in [2.24, 2.45) is 7.05 Å². The van der Waals surface area contributed by atoms with Gasteiger partial charge in [-0.15, -0.1) is 16.4 Å². The van der Waals surface area contributed by atoms with Gasteiger partial charge in [-0.2, -0.15) is 0 Å². The van der Waals surface area contributed by atoms with E-state index in [1.54, 1.807) is 22.2 Å². The highest BCUT2D eigenvalue weighted by atomic mass is 35.5. The average molecular weight is 285 g/mol. The first kappa shape index (κ1) is 13.5. The summed E-state index contributed by atoms with van der Waals surface area (Å²) in [6.45, 7) is 5.11. The highest BCUT2D eigenvalue weighted by molar-refractivity contribution is 7.10. The number of nitrogens with one attached hydrogen (secondary N) is 1. The zero-order chi connectivity index (χ0) is 13.1. The Bertz CT molecular complexity index is 520. The first-order valence-corrected chi connectivity index (χ1v) is 7.22. The van der Waals surface area contributed by atoms with Gasteiger partial charge in [0, 0.05) is 11.9 Å². The first-order chi connectivity index (χ1) is 8.65. The summed E-state index contributed by atoms with van der Waals surface area (Å²) in [4.78, 5) is 1.13. The molecule has 1 unspecified atom stereocenters. The van der Waals surface area contributed by atoms with Crippen LogP contribution in [0.4, 0.5) is 0 Å². The molecule has 0 aliphatic heterocycles. The standard InChI is InChI=1S/C12H17ClN4S/c1-4-5-14-11(9-6-15-16-17(9)3)12-10(13)8(2)7-18-12/h6-7,11,14H,4-5H2,1-3H3. The minimum atomic E-state index is 0.0659. The lowest BCUT2D eigenvalue weighted by Crippen LogP contribution is -2.24. The van der Waals surface area contributed by atoms with E-state index in [-0.39, 0.29) is 6.04 Å². The van der Waals surface area contributed by atoms with E-state index in [1.165, 1.54) is 0 Å². The highest BCUT2D eigenvalue weighted by Crippen LogP contribution is 2.35. The molecule has 0 aromatic carbocycles. The van der Waals surface area contributed by atoms with Crippen LogP contribution < -0.4 is 5.32 Å². The van der Waals surface area contributed by atoms with Gasteiger partial charge in [0.25, 0.3) is 0 Å². The van der Waals surface area contributed by atoms with Crippen molar-refractivity contribution in [2.45, 2.75) is 26.3 Å². The molecule has 0 bridgehead atoms. The molecule has 2 aromatic rings. The number of thiophene rings is 1. The number of halogens is 1.